The summed E-state index contributed by atoms with van der Waals surface area (Å²) >= 11 is 6.07. The minimum Gasteiger partial charge on any atom is -0.352 e. The second kappa shape index (κ2) is 11.2. The van der Waals surface area contributed by atoms with E-state index in [1.165, 1.54) is 29.0 Å². The molecule has 0 saturated carbocycles. The van der Waals surface area contributed by atoms with E-state index >= 15 is 0 Å². The molecule has 1 aliphatic heterocycles. The summed E-state index contributed by atoms with van der Waals surface area (Å²) in [6.45, 7) is 5.79. The van der Waals surface area contributed by atoms with Crippen LogP contribution in [0.1, 0.15) is 42.4 Å². The molecule has 8 heteroatoms. The maximum atomic E-state index is 12.4. The van der Waals surface area contributed by atoms with Crippen LogP contribution >= 0.6 is 11.6 Å². The van der Waals surface area contributed by atoms with Gasteiger partial charge in [0.15, 0.2) is 0 Å². The van der Waals surface area contributed by atoms with E-state index in [2.05, 4.69) is 22.3 Å². The van der Waals surface area contributed by atoms with Crippen LogP contribution < -0.4 is 9.62 Å². The zero-order chi connectivity index (χ0) is 23.1. The molecule has 0 atom stereocenters. The van der Waals surface area contributed by atoms with Gasteiger partial charge in [-0.3, -0.25) is 14.0 Å². The fourth-order valence-corrected chi connectivity index (χ4v) is 5.21. The van der Waals surface area contributed by atoms with Crippen LogP contribution in [0, 0.1) is 6.92 Å². The number of carbonyl (C=O) groups excluding carboxylic acids is 1. The normalized spacial score (nSPS) is 14.5. The van der Waals surface area contributed by atoms with Crippen molar-refractivity contribution in [1.82, 2.24) is 10.2 Å². The van der Waals surface area contributed by atoms with E-state index in [1.54, 1.807) is 18.2 Å². The highest BCUT2D eigenvalue weighted by Crippen LogP contribution is 2.26. The lowest BCUT2D eigenvalue weighted by Crippen LogP contribution is -2.32. The first-order chi connectivity index (χ1) is 15.2. The van der Waals surface area contributed by atoms with Crippen LogP contribution in [-0.2, 0) is 27.9 Å². The number of benzene rings is 2. The van der Waals surface area contributed by atoms with Crippen LogP contribution in [0.2, 0.25) is 5.02 Å². The number of nitrogens with zero attached hydrogens (tertiary/aromatic N) is 2. The highest BCUT2D eigenvalue weighted by Gasteiger charge is 2.20. The molecular weight excluding hydrogens is 446 g/mol. The molecule has 174 valence electrons. The van der Waals surface area contributed by atoms with E-state index in [1.807, 2.05) is 19.1 Å². The quantitative estimate of drug-likeness (QED) is 0.559. The Morgan fingerprint density at radius 3 is 2.56 bits per heavy atom. The number of rotatable bonds is 10. The molecule has 3 rings (SSSR count). The lowest BCUT2D eigenvalue weighted by Gasteiger charge is -2.24. The van der Waals surface area contributed by atoms with Crippen molar-refractivity contribution in [2.24, 2.45) is 0 Å². The maximum absolute atomic E-state index is 12.4. The van der Waals surface area contributed by atoms with Gasteiger partial charge in [-0.05, 0) is 68.1 Å². The first-order valence-electron chi connectivity index (χ1n) is 11.0. The number of nitrogens with one attached hydrogen (secondary N) is 1. The van der Waals surface area contributed by atoms with Crippen LogP contribution in [-0.4, -0.2) is 45.1 Å². The van der Waals surface area contributed by atoms with Crippen molar-refractivity contribution < 1.29 is 13.2 Å². The van der Waals surface area contributed by atoms with Gasteiger partial charge < -0.3 is 5.32 Å². The van der Waals surface area contributed by atoms with E-state index in [0.29, 0.717) is 23.7 Å². The van der Waals surface area contributed by atoms with E-state index in [4.69, 9.17) is 11.6 Å². The molecule has 2 aromatic carbocycles. The van der Waals surface area contributed by atoms with Gasteiger partial charge in [-0.1, -0.05) is 41.9 Å². The van der Waals surface area contributed by atoms with Gasteiger partial charge >= 0.3 is 0 Å². The molecular formula is C24H32ClN3O3S. The monoisotopic (exact) mass is 477 g/mol. The van der Waals surface area contributed by atoms with Crippen molar-refractivity contribution in [1.29, 1.82) is 0 Å². The number of sulfonamides is 1. The standard InChI is InChI=1S/C24H32ClN3O3S/c1-19-10-11-22(25)16-23(19)28(32(2,30)31)14-6-9-24(29)26-17-20-7-5-8-21(15-20)18-27-12-3-4-13-27/h5,7-8,10-11,15-16H,3-4,6,9,12-14,17-18H2,1-2H3,(H,26,29). The van der Waals surface area contributed by atoms with E-state index in [-0.39, 0.29) is 18.9 Å². The molecule has 0 aromatic heterocycles. The molecule has 1 N–H and O–H groups in total. The zero-order valence-electron chi connectivity index (χ0n) is 18.8. The first kappa shape index (κ1) is 24.6. The van der Waals surface area contributed by atoms with Gasteiger partial charge in [0.1, 0.15) is 0 Å². The molecule has 1 amide bonds. The number of hydrogen-bond acceptors (Lipinski definition) is 4. The van der Waals surface area contributed by atoms with Gasteiger partial charge in [-0.25, -0.2) is 8.42 Å². The Kier molecular flexibility index (Phi) is 8.57. The second-order valence-electron chi connectivity index (χ2n) is 8.45. The predicted molar refractivity (Wildman–Crippen MR) is 130 cm³/mol. The number of hydrogen-bond donors (Lipinski definition) is 1. The molecule has 0 radical (unpaired) electrons. The summed E-state index contributed by atoms with van der Waals surface area (Å²) in [4.78, 5) is 14.8. The largest absolute Gasteiger partial charge is 0.352 e. The highest BCUT2D eigenvalue weighted by molar-refractivity contribution is 7.92. The Labute approximate surface area is 196 Å². The van der Waals surface area contributed by atoms with Crippen LogP contribution in [0.25, 0.3) is 0 Å². The van der Waals surface area contributed by atoms with Gasteiger partial charge in [0.25, 0.3) is 0 Å². The molecule has 1 heterocycles. The molecule has 0 spiro atoms. The molecule has 32 heavy (non-hydrogen) atoms. The Morgan fingerprint density at radius 2 is 1.84 bits per heavy atom. The molecule has 2 aromatic rings. The number of halogens is 1. The SMILES string of the molecule is Cc1ccc(Cl)cc1N(CCCC(=O)NCc1cccc(CN2CCCC2)c1)S(C)(=O)=O. The average Bonchev–Trinajstić information content (AvgIpc) is 3.24. The number of anilines is 1. The summed E-state index contributed by atoms with van der Waals surface area (Å²) in [6.07, 6.45) is 4.37. The molecule has 0 aliphatic carbocycles. The Bertz CT molecular complexity index is 1040. The van der Waals surface area contributed by atoms with Crippen molar-refractivity contribution in [3.8, 4) is 0 Å². The number of aryl methyl sites for hydroxylation is 1. The maximum Gasteiger partial charge on any atom is 0.232 e. The summed E-state index contributed by atoms with van der Waals surface area (Å²) in [5.41, 5.74) is 3.70. The van der Waals surface area contributed by atoms with Gasteiger partial charge in [0.2, 0.25) is 15.9 Å². The van der Waals surface area contributed by atoms with Gasteiger partial charge in [-0.15, -0.1) is 0 Å². The molecule has 0 bridgehead atoms. The van der Waals surface area contributed by atoms with E-state index in [9.17, 15) is 13.2 Å². The van der Waals surface area contributed by atoms with Crippen LogP contribution in [0.4, 0.5) is 5.69 Å². The minimum atomic E-state index is -3.49. The van der Waals surface area contributed by atoms with E-state index < -0.39 is 10.0 Å². The highest BCUT2D eigenvalue weighted by atomic mass is 35.5. The second-order valence-corrected chi connectivity index (χ2v) is 10.8. The molecule has 0 unspecified atom stereocenters. The summed E-state index contributed by atoms with van der Waals surface area (Å²) in [7, 11) is -3.49. The summed E-state index contributed by atoms with van der Waals surface area (Å²) in [6, 6.07) is 13.5. The topological polar surface area (TPSA) is 69.7 Å². The van der Waals surface area contributed by atoms with Gasteiger partial charge in [0, 0.05) is 31.1 Å². The first-order valence-corrected chi connectivity index (χ1v) is 13.3. The van der Waals surface area contributed by atoms with Crippen LogP contribution in [0.3, 0.4) is 0 Å². The summed E-state index contributed by atoms with van der Waals surface area (Å²) in [5.74, 6) is -0.0915. The smallest absolute Gasteiger partial charge is 0.232 e. The Balaban J connectivity index is 1.50. The van der Waals surface area contributed by atoms with Crippen molar-refractivity contribution in [3.63, 3.8) is 0 Å². The third kappa shape index (κ3) is 7.22. The fourth-order valence-electron chi connectivity index (χ4n) is 4.03. The van der Waals surface area contributed by atoms with Gasteiger partial charge in [-0.2, -0.15) is 0 Å². The van der Waals surface area contributed by atoms with Crippen LogP contribution in [0.5, 0.6) is 0 Å². The van der Waals surface area contributed by atoms with Crippen molar-refractivity contribution >= 4 is 33.2 Å². The molecule has 6 nitrogen and oxygen atoms in total. The van der Waals surface area contributed by atoms with Crippen molar-refractivity contribution in [2.75, 3.05) is 30.2 Å². The average molecular weight is 478 g/mol. The minimum absolute atomic E-state index is 0.0915. The fraction of sp³-hybridized carbons (Fsp3) is 0.458. The lowest BCUT2D eigenvalue weighted by atomic mass is 10.1. The predicted octanol–water partition coefficient (Wildman–Crippen LogP) is 4.11. The third-order valence-electron chi connectivity index (χ3n) is 5.69. The number of likely N-dealkylation sites (tertiary alicyclic amines) is 1. The summed E-state index contributed by atoms with van der Waals surface area (Å²) < 4.78 is 26.0. The molecule has 1 saturated heterocycles. The van der Waals surface area contributed by atoms with E-state index in [0.717, 1.165) is 30.8 Å². The summed E-state index contributed by atoms with van der Waals surface area (Å²) in [5, 5.41) is 3.43. The van der Waals surface area contributed by atoms with Crippen molar-refractivity contribution in [3.05, 3.63) is 64.2 Å². The van der Waals surface area contributed by atoms with Crippen molar-refractivity contribution in [2.45, 2.75) is 45.7 Å². The third-order valence-corrected chi connectivity index (χ3v) is 7.11. The number of amides is 1. The Hall–Kier alpha value is -2.09. The lowest BCUT2D eigenvalue weighted by molar-refractivity contribution is -0.121. The van der Waals surface area contributed by atoms with Gasteiger partial charge in [0.05, 0.1) is 11.9 Å². The zero-order valence-corrected chi connectivity index (χ0v) is 20.4. The number of carbonyl (C=O) groups is 1. The van der Waals surface area contributed by atoms with Crippen LogP contribution in [0.15, 0.2) is 42.5 Å². The Morgan fingerprint density at radius 1 is 1.12 bits per heavy atom. The molecule has 1 aliphatic rings. The molecule has 1 fully saturated rings.